The Hall–Kier alpha value is -1.46. The molecular formula is C17H28N2O3. The molecule has 5 nitrogen and oxygen atoms in total. The zero-order valence-corrected chi connectivity index (χ0v) is 14.1. The van der Waals surface area contributed by atoms with E-state index < -0.39 is 0 Å². The Labute approximate surface area is 133 Å². The second kappa shape index (κ2) is 8.25. The molecule has 0 aromatic heterocycles. The summed E-state index contributed by atoms with van der Waals surface area (Å²) in [6, 6.07) is 4.20. The third kappa shape index (κ3) is 3.65. The van der Waals surface area contributed by atoms with Gasteiger partial charge in [0.2, 0.25) is 0 Å². The second-order valence-electron chi connectivity index (χ2n) is 5.54. The van der Waals surface area contributed by atoms with Gasteiger partial charge in [-0.05, 0) is 6.42 Å². The standard InChI is InChI=1S/C17H28N2O3/c1-5-6-14(19-9-7-18-8-10-19)17-15(21-3)11-13(20-2)12-16(17)22-4/h11-12,14,18H,5-10H2,1-4H3/t14-/m1/s1. The summed E-state index contributed by atoms with van der Waals surface area (Å²) in [5, 5.41) is 3.41. The van der Waals surface area contributed by atoms with Crippen LogP contribution in [0, 0.1) is 0 Å². The Morgan fingerprint density at radius 3 is 2.09 bits per heavy atom. The molecule has 2 rings (SSSR count). The fraction of sp³-hybridized carbons (Fsp3) is 0.647. The van der Waals surface area contributed by atoms with E-state index in [0.29, 0.717) is 6.04 Å². The Kier molecular flexibility index (Phi) is 6.34. The molecule has 1 N–H and O–H groups in total. The Morgan fingerprint density at radius 1 is 1.05 bits per heavy atom. The van der Waals surface area contributed by atoms with E-state index in [0.717, 1.165) is 61.8 Å². The molecule has 0 saturated carbocycles. The van der Waals surface area contributed by atoms with Gasteiger partial charge in [-0.2, -0.15) is 0 Å². The van der Waals surface area contributed by atoms with E-state index >= 15 is 0 Å². The maximum absolute atomic E-state index is 5.65. The predicted molar refractivity (Wildman–Crippen MR) is 88.2 cm³/mol. The second-order valence-corrected chi connectivity index (χ2v) is 5.54. The molecule has 1 saturated heterocycles. The van der Waals surface area contributed by atoms with Gasteiger partial charge in [0.25, 0.3) is 0 Å². The zero-order valence-electron chi connectivity index (χ0n) is 14.1. The van der Waals surface area contributed by atoms with Crippen LogP contribution in [-0.2, 0) is 0 Å². The summed E-state index contributed by atoms with van der Waals surface area (Å²) in [5.41, 5.74) is 1.13. The van der Waals surface area contributed by atoms with Crippen molar-refractivity contribution in [2.24, 2.45) is 0 Å². The molecule has 1 heterocycles. The van der Waals surface area contributed by atoms with Crippen LogP contribution in [0.15, 0.2) is 12.1 Å². The Bertz CT molecular complexity index is 448. The fourth-order valence-electron chi connectivity index (χ4n) is 3.14. The molecule has 1 aromatic rings. The molecule has 0 spiro atoms. The van der Waals surface area contributed by atoms with E-state index in [4.69, 9.17) is 14.2 Å². The summed E-state index contributed by atoms with van der Waals surface area (Å²) < 4.78 is 16.6. The lowest BCUT2D eigenvalue weighted by Gasteiger charge is -2.36. The normalized spacial score (nSPS) is 17.1. The first-order chi connectivity index (χ1) is 10.7. The monoisotopic (exact) mass is 308 g/mol. The Balaban J connectivity index is 2.44. The third-order valence-corrected chi connectivity index (χ3v) is 4.24. The van der Waals surface area contributed by atoms with Crippen molar-refractivity contribution in [3.63, 3.8) is 0 Å². The molecule has 0 radical (unpaired) electrons. The maximum Gasteiger partial charge on any atom is 0.131 e. The average molecular weight is 308 g/mol. The van der Waals surface area contributed by atoms with Crippen molar-refractivity contribution < 1.29 is 14.2 Å². The summed E-state index contributed by atoms with van der Waals surface area (Å²) in [6.45, 7) is 6.37. The summed E-state index contributed by atoms with van der Waals surface area (Å²) in [7, 11) is 5.07. The number of rotatable bonds is 7. The van der Waals surface area contributed by atoms with Gasteiger partial charge in [-0.3, -0.25) is 4.90 Å². The number of ether oxygens (including phenoxy) is 3. The molecule has 1 fully saturated rings. The first-order valence-electron chi connectivity index (χ1n) is 7.99. The molecule has 0 unspecified atom stereocenters. The summed E-state index contributed by atoms with van der Waals surface area (Å²) in [5.74, 6) is 2.44. The molecule has 22 heavy (non-hydrogen) atoms. The van der Waals surface area contributed by atoms with Crippen molar-refractivity contribution in [2.75, 3.05) is 47.5 Å². The van der Waals surface area contributed by atoms with E-state index in [9.17, 15) is 0 Å². The van der Waals surface area contributed by atoms with E-state index in [1.165, 1.54) is 0 Å². The van der Waals surface area contributed by atoms with Gasteiger partial charge in [0.15, 0.2) is 0 Å². The molecule has 0 aliphatic carbocycles. The minimum absolute atomic E-state index is 0.308. The summed E-state index contributed by atoms with van der Waals surface area (Å²) in [4.78, 5) is 2.52. The summed E-state index contributed by atoms with van der Waals surface area (Å²) in [6.07, 6.45) is 2.20. The van der Waals surface area contributed by atoms with Crippen molar-refractivity contribution in [1.29, 1.82) is 0 Å². The van der Waals surface area contributed by atoms with Crippen LogP contribution in [0.3, 0.4) is 0 Å². The predicted octanol–water partition coefficient (Wildman–Crippen LogP) is 2.46. The van der Waals surface area contributed by atoms with Gasteiger partial charge in [-0.15, -0.1) is 0 Å². The molecule has 0 bridgehead atoms. The van der Waals surface area contributed by atoms with Gasteiger partial charge in [0, 0.05) is 44.4 Å². The highest BCUT2D eigenvalue weighted by molar-refractivity contribution is 5.52. The van der Waals surface area contributed by atoms with Gasteiger partial charge >= 0.3 is 0 Å². The van der Waals surface area contributed by atoms with Crippen LogP contribution in [0.2, 0.25) is 0 Å². The van der Waals surface area contributed by atoms with Gasteiger partial charge in [-0.1, -0.05) is 13.3 Å². The molecule has 1 aromatic carbocycles. The number of hydrogen-bond donors (Lipinski definition) is 1. The first-order valence-corrected chi connectivity index (χ1v) is 7.99. The van der Waals surface area contributed by atoms with Crippen LogP contribution in [0.1, 0.15) is 31.4 Å². The van der Waals surface area contributed by atoms with Crippen molar-refractivity contribution in [3.8, 4) is 17.2 Å². The molecule has 5 heteroatoms. The van der Waals surface area contributed by atoms with Gasteiger partial charge < -0.3 is 19.5 Å². The van der Waals surface area contributed by atoms with Crippen molar-refractivity contribution in [2.45, 2.75) is 25.8 Å². The molecule has 124 valence electrons. The van der Waals surface area contributed by atoms with E-state index in [1.54, 1.807) is 21.3 Å². The first kappa shape index (κ1) is 16.9. The number of nitrogens with zero attached hydrogens (tertiary/aromatic N) is 1. The van der Waals surface area contributed by atoms with Crippen molar-refractivity contribution >= 4 is 0 Å². The van der Waals surface area contributed by atoms with E-state index in [-0.39, 0.29) is 0 Å². The lowest BCUT2D eigenvalue weighted by atomic mass is 9.97. The van der Waals surface area contributed by atoms with E-state index in [2.05, 4.69) is 17.1 Å². The van der Waals surface area contributed by atoms with Gasteiger partial charge in [0.05, 0.1) is 26.9 Å². The van der Waals surface area contributed by atoms with Crippen LogP contribution in [0.5, 0.6) is 17.2 Å². The molecule has 0 amide bonds. The Morgan fingerprint density at radius 2 is 1.64 bits per heavy atom. The van der Waals surface area contributed by atoms with E-state index in [1.807, 2.05) is 12.1 Å². The number of piperazine rings is 1. The molecular weight excluding hydrogens is 280 g/mol. The zero-order chi connectivity index (χ0) is 15.9. The van der Waals surface area contributed by atoms with Gasteiger partial charge in [-0.25, -0.2) is 0 Å². The van der Waals surface area contributed by atoms with Crippen molar-refractivity contribution in [1.82, 2.24) is 10.2 Å². The minimum Gasteiger partial charge on any atom is -0.496 e. The van der Waals surface area contributed by atoms with Crippen LogP contribution < -0.4 is 19.5 Å². The number of hydrogen-bond acceptors (Lipinski definition) is 5. The minimum atomic E-state index is 0.308. The number of benzene rings is 1. The lowest BCUT2D eigenvalue weighted by molar-refractivity contribution is 0.158. The highest BCUT2D eigenvalue weighted by Gasteiger charge is 2.28. The largest absolute Gasteiger partial charge is 0.496 e. The summed E-state index contributed by atoms with van der Waals surface area (Å²) >= 11 is 0. The fourth-order valence-corrected chi connectivity index (χ4v) is 3.14. The molecule has 1 aliphatic rings. The smallest absolute Gasteiger partial charge is 0.131 e. The highest BCUT2D eigenvalue weighted by atomic mass is 16.5. The van der Waals surface area contributed by atoms with Gasteiger partial charge in [0.1, 0.15) is 17.2 Å². The maximum atomic E-state index is 5.65. The SMILES string of the molecule is CCC[C@H](c1c(OC)cc(OC)cc1OC)N1CCNCC1. The average Bonchev–Trinajstić information content (AvgIpc) is 2.59. The lowest BCUT2D eigenvalue weighted by Crippen LogP contribution is -2.45. The topological polar surface area (TPSA) is 43.0 Å². The quantitative estimate of drug-likeness (QED) is 0.838. The highest BCUT2D eigenvalue weighted by Crippen LogP contribution is 2.42. The van der Waals surface area contributed by atoms with Crippen LogP contribution in [0.25, 0.3) is 0 Å². The molecule has 1 aliphatic heterocycles. The third-order valence-electron chi connectivity index (χ3n) is 4.24. The number of methoxy groups -OCH3 is 3. The number of nitrogens with one attached hydrogen (secondary N) is 1. The van der Waals surface area contributed by atoms with Crippen LogP contribution in [-0.4, -0.2) is 52.4 Å². The van der Waals surface area contributed by atoms with Crippen LogP contribution in [0.4, 0.5) is 0 Å². The van der Waals surface area contributed by atoms with Crippen LogP contribution >= 0.6 is 0 Å². The molecule has 1 atom stereocenters. The van der Waals surface area contributed by atoms with Crippen molar-refractivity contribution in [3.05, 3.63) is 17.7 Å².